The molecule has 0 radical (unpaired) electrons. The normalized spacial score (nSPS) is 13.5. The van der Waals surface area contributed by atoms with E-state index in [4.69, 9.17) is 11.5 Å². The Balaban J connectivity index is 1.88. The minimum atomic E-state index is -4.44. The molecule has 30 heavy (non-hydrogen) atoms. The van der Waals surface area contributed by atoms with Gasteiger partial charge in [0.25, 0.3) is 0 Å². The molecule has 0 unspecified atom stereocenters. The van der Waals surface area contributed by atoms with Crippen molar-refractivity contribution in [2.45, 2.75) is 25.2 Å². The van der Waals surface area contributed by atoms with Crippen LogP contribution in [-0.2, 0) is 25.2 Å². The average molecular weight is 430 g/mol. The molecule has 2 aromatic rings. The van der Waals surface area contributed by atoms with Gasteiger partial charge in [-0.1, -0.05) is 36.4 Å². The van der Waals surface area contributed by atoms with E-state index in [-0.39, 0.29) is 37.6 Å². The molecule has 0 aliphatic carbocycles. The molecule has 0 saturated carbocycles. The smallest absolute Gasteiger partial charge is 0.387 e. The lowest BCUT2D eigenvalue weighted by Crippen LogP contribution is -2.18. The maximum Gasteiger partial charge on any atom is 0.416 e. The predicted octanol–water partition coefficient (Wildman–Crippen LogP) is 4.22. The molecular weight excluding hydrogens is 410 g/mol. The Morgan fingerprint density at radius 3 is 1.37 bits per heavy atom. The van der Waals surface area contributed by atoms with Gasteiger partial charge in [-0.2, -0.15) is 26.3 Å². The molecule has 0 saturated heterocycles. The van der Waals surface area contributed by atoms with Gasteiger partial charge in [-0.05, 0) is 23.3 Å². The van der Waals surface area contributed by atoms with Crippen LogP contribution in [0.5, 0.6) is 0 Å². The number of benzene rings is 2. The number of halogens is 6. The second-order valence-electron chi connectivity index (χ2n) is 6.50. The first-order valence-corrected chi connectivity index (χ1v) is 8.85. The summed E-state index contributed by atoms with van der Waals surface area (Å²) >= 11 is 0. The first kappa shape index (κ1) is 23.2. The molecule has 0 aliphatic heterocycles. The van der Waals surface area contributed by atoms with Crippen molar-refractivity contribution in [2.24, 2.45) is 21.5 Å². The van der Waals surface area contributed by atoms with Gasteiger partial charge in [0.05, 0.1) is 35.9 Å². The van der Waals surface area contributed by atoms with Crippen LogP contribution in [0, 0.1) is 0 Å². The van der Waals surface area contributed by atoms with Crippen molar-refractivity contribution in [1.29, 1.82) is 0 Å². The van der Waals surface area contributed by atoms with E-state index in [0.29, 0.717) is 11.1 Å². The summed E-state index contributed by atoms with van der Waals surface area (Å²) in [4.78, 5) is 8.08. The number of alkyl halides is 6. The van der Waals surface area contributed by atoms with E-state index >= 15 is 0 Å². The highest BCUT2D eigenvalue weighted by molar-refractivity contribution is 5.83. The fourth-order valence-electron chi connectivity index (χ4n) is 2.63. The maximum atomic E-state index is 12.7. The minimum Gasteiger partial charge on any atom is -0.387 e. The van der Waals surface area contributed by atoms with Gasteiger partial charge in [0.15, 0.2) is 0 Å². The SMILES string of the molecule is NC(Cc1cccc(C(F)(F)F)c1)=NCCN=C(N)Cc1cccc(C(F)(F)F)c1. The molecule has 4 nitrogen and oxygen atoms in total. The third-order valence-corrected chi connectivity index (χ3v) is 4.01. The molecule has 4 N–H and O–H groups in total. The zero-order valence-electron chi connectivity index (χ0n) is 15.8. The summed E-state index contributed by atoms with van der Waals surface area (Å²) in [5, 5.41) is 0. The Morgan fingerprint density at radius 1 is 0.667 bits per heavy atom. The van der Waals surface area contributed by atoms with E-state index in [1.807, 2.05) is 0 Å². The van der Waals surface area contributed by atoms with Crippen LogP contribution in [0.25, 0.3) is 0 Å². The van der Waals surface area contributed by atoms with Crippen molar-refractivity contribution in [3.63, 3.8) is 0 Å². The Hall–Kier alpha value is -3.04. The Kier molecular flexibility index (Phi) is 7.47. The Bertz CT molecular complexity index is 840. The molecular formula is C20H20F6N4. The second-order valence-corrected chi connectivity index (χ2v) is 6.50. The molecule has 162 valence electrons. The summed E-state index contributed by atoms with van der Waals surface area (Å²) in [5.74, 6) is 0.280. The number of rotatable bonds is 7. The number of amidine groups is 2. The third kappa shape index (κ3) is 7.41. The van der Waals surface area contributed by atoms with Crippen molar-refractivity contribution in [3.05, 3.63) is 70.8 Å². The van der Waals surface area contributed by atoms with Crippen LogP contribution in [-0.4, -0.2) is 24.8 Å². The fraction of sp³-hybridized carbons (Fsp3) is 0.300. The largest absolute Gasteiger partial charge is 0.416 e. The summed E-state index contributed by atoms with van der Waals surface area (Å²) < 4.78 is 76.3. The summed E-state index contributed by atoms with van der Waals surface area (Å²) in [6.07, 6.45) is -8.78. The molecule has 0 aromatic heterocycles. The van der Waals surface area contributed by atoms with Crippen LogP contribution in [0.3, 0.4) is 0 Å². The Morgan fingerprint density at radius 2 is 1.03 bits per heavy atom. The van der Waals surface area contributed by atoms with Crippen molar-refractivity contribution in [1.82, 2.24) is 0 Å². The van der Waals surface area contributed by atoms with Crippen LogP contribution in [0.1, 0.15) is 22.3 Å². The van der Waals surface area contributed by atoms with Gasteiger partial charge >= 0.3 is 12.4 Å². The van der Waals surface area contributed by atoms with E-state index in [2.05, 4.69) is 9.98 Å². The molecule has 2 aromatic carbocycles. The van der Waals surface area contributed by atoms with Crippen LogP contribution in [0.2, 0.25) is 0 Å². The minimum absolute atomic E-state index is 0.0490. The van der Waals surface area contributed by atoms with Gasteiger partial charge in [0, 0.05) is 12.8 Å². The highest BCUT2D eigenvalue weighted by Gasteiger charge is 2.31. The molecule has 10 heteroatoms. The summed E-state index contributed by atoms with van der Waals surface area (Å²) in [5.41, 5.74) is 10.7. The van der Waals surface area contributed by atoms with Crippen molar-refractivity contribution in [2.75, 3.05) is 13.1 Å². The fourth-order valence-corrected chi connectivity index (χ4v) is 2.63. The predicted molar refractivity (Wildman–Crippen MR) is 103 cm³/mol. The summed E-state index contributed by atoms with van der Waals surface area (Å²) in [7, 11) is 0. The summed E-state index contributed by atoms with van der Waals surface area (Å²) in [6, 6.07) is 9.58. The van der Waals surface area contributed by atoms with Crippen LogP contribution >= 0.6 is 0 Å². The molecule has 0 heterocycles. The van der Waals surface area contributed by atoms with Gasteiger partial charge < -0.3 is 11.5 Å². The Labute approximate surface area is 169 Å². The molecule has 0 atom stereocenters. The first-order valence-electron chi connectivity index (χ1n) is 8.85. The topological polar surface area (TPSA) is 76.8 Å². The van der Waals surface area contributed by atoms with E-state index < -0.39 is 23.5 Å². The number of nitrogens with two attached hydrogens (primary N) is 2. The highest BCUT2D eigenvalue weighted by Crippen LogP contribution is 2.30. The lowest BCUT2D eigenvalue weighted by Gasteiger charge is -2.09. The number of hydrogen-bond donors (Lipinski definition) is 2. The van der Waals surface area contributed by atoms with Gasteiger partial charge in [-0.3, -0.25) is 9.98 Å². The standard InChI is InChI=1S/C20H20F6N4/c21-19(22,23)15-5-1-3-13(9-15)11-17(27)29-7-8-30-18(28)12-14-4-2-6-16(10-14)20(24,25)26/h1-6,9-10H,7-8,11-12H2,(H2,27,29)(H2,28,30). The lowest BCUT2D eigenvalue weighted by molar-refractivity contribution is -0.138. The van der Waals surface area contributed by atoms with Gasteiger partial charge in [0.1, 0.15) is 0 Å². The number of nitrogens with zero attached hydrogens (tertiary/aromatic N) is 2. The third-order valence-electron chi connectivity index (χ3n) is 4.01. The van der Waals surface area contributed by atoms with Gasteiger partial charge in [-0.15, -0.1) is 0 Å². The maximum absolute atomic E-state index is 12.7. The molecule has 0 aliphatic rings. The monoisotopic (exact) mass is 430 g/mol. The van der Waals surface area contributed by atoms with Crippen molar-refractivity contribution >= 4 is 11.7 Å². The van der Waals surface area contributed by atoms with Crippen LogP contribution in [0.4, 0.5) is 26.3 Å². The second kappa shape index (κ2) is 9.64. The molecule has 0 bridgehead atoms. The number of aliphatic imine (C=N–C) groups is 2. The van der Waals surface area contributed by atoms with E-state index in [1.54, 1.807) is 0 Å². The van der Waals surface area contributed by atoms with Gasteiger partial charge in [0.2, 0.25) is 0 Å². The van der Waals surface area contributed by atoms with E-state index in [9.17, 15) is 26.3 Å². The molecule has 0 fully saturated rings. The zero-order chi connectivity index (χ0) is 22.4. The van der Waals surface area contributed by atoms with Crippen LogP contribution in [0.15, 0.2) is 58.5 Å². The number of hydrogen-bond acceptors (Lipinski definition) is 2. The summed E-state index contributed by atoms with van der Waals surface area (Å²) in [6.45, 7) is 0.294. The lowest BCUT2D eigenvalue weighted by atomic mass is 10.1. The zero-order valence-corrected chi connectivity index (χ0v) is 15.8. The van der Waals surface area contributed by atoms with Crippen LogP contribution < -0.4 is 11.5 Å². The molecule has 0 amide bonds. The first-order chi connectivity index (χ1) is 13.9. The van der Waals surface area contributed by atoms with E-state index in [1.165, 1.54) is 24.3 Å². The molecule has 0 spiro atoms. The average Bonchev–Trinajstić information content (AvgIpc) is 2.64. The molecule has 2 rings (SSSR count). The van der Waals surface area contributed by atoms with Crippen molar-refractivity contribution in [3.8, 4) is 0 Å². The van der Waals surface area contributed by atoms with Gasteiger partial charge in [-0.25, -0.2) is 0 Å². The van der Waals surface area contributed by atoms with E-state index in [0.717, 1.165) is 24.3 Å². The van der Waals surface area contributed by atoms with Crippen molar-refractivity contribution < 1.29 is 26.3 Å². The quantitative estimate of drug-likeness (QED) is 0.299. The highest BCUT2D eigenvalue weighted by atomic mass is 19.4.